The number of fused-ring (bicyclic) bond motifs is 1. The van der Waals surface area contributed by atoms with Crippen LogP contribution in [0.3, 0.4) is 0 Å². The fourth-order valence-electron chi connectivity index (χ4n) is 6.16. The maximum absolute atomic E-state index is 13.8. The molecule has 3 N–H and O–H groups in total. The number of hydrogen-bond acceptors (Lipinski definition) is 8. The summed E-state index contributed by atoms with van der Waals surface area (Å²) in [6.45, 7) is 1.66. The molecule has 3 aromatic rings. The number of pyridine rings is 1. The predicted molar refractivity (Wildman–Crippen MR) is 160 cm³/mol. The summed E-state index contributed by atoms with van der Waals surface area (Å²) in [5.41, 5.74) is 1.45. The number of morpholine rings is 1. The molecule has 43 heavy (non-hydrogen) atoms. The summed E-state index contributed by atoms with van der Waals surface area (Å²) in [5.74, 6) is 0.0707. The van der Waals surface area contributed by atoms with Crippen molar-refractivity contribution in [2.24, 2.45) is 0 Å². The van der Waals surface area contributed by atoms with Gasteiger partial charge in [-0.25, -0.2) is 0 Å². The standard InChI is InChI=1S/C31H35N5O7/c1-42-20-8-9-24-21(16-20)22(17-28(37)32-24)30(38)34-26-5-3-2-4-25(26)33-29-23(31(39)35-10-12-43-13-11-35)14-19(18-6-7-18)15-27(29)36(40)41/h8-9,14-18,25-26,33H,2-7,10-13H2,1H3,(H,32,37)(H,34,38)/t25-,26+/m1/s1. The lowest BCUT2D eigenvalue weighted by Gasteiger charge is -2.34. The summed E-state index contributed by atoms with van der Waals surface area (Å²) in [6, 6.07) is 8.98. The largest absolute Gasteiger partial charge is 0.497 e. The number of aromatic nitrogens is 1. The molecular weight excluding hydrogens is 554 g/mol. The van der Waals surface area contributed by atoms with Crippen LogP contribution in [0, 0.1) is 10.1 Å². The van der Waals surface area contributed by atoms with Crippen molar-refractivity contribution in [3.05, 3.63) is 73.6 Å². The van der Waals surface area contributed by atoms with Crippen LogP contribution in [0.5, 0.6) is 5.75 Å². The van der Waals surface area contributed by atoms with Crippen LogP contribution in [0.2, 0.25) is 0 Å². The molecule has 0 bridgehead atoms. The molecule has 6 rings (SSSR count). The minimum Gasteiger partial charge on any atom is -0.497 e. The second kappa shape index (κ2) is 12.0. The number of H-pyrrole nitrogens is 1. The Kier molecular flexibility index (Phi) is 8.02. The maximum atomic E-state index is 13.8. The Morgan fingerprint density at radius 2 is 1.77 bits per heavy atom. The zero-order valence-electron chi connectivity index (χ0n) is 24.0. The van der Waals surface area contributed by atoms with Gasteiger partial charge in [-0.15, -0.1) is 0 Å². The zero-order valence-corrected chi connectivity index (χ0v) is 24.0. The van der Waals surface area contributed by atoms with Gasteiger partial charge >= 0.3 is 0 Å². The summed E-state index contributed by atoms with van der Waals surface area (Å²) in [4.78, 5) is 56.2. The highest BCUT2D eigenvalue weighted by Gasteiger charge is 2.35. The van der Waals surface area contributed by atoms with Crippen molar-refractivity contribution >= 4 is 34.1 Å². The molecule has 12 heteroatoms. The van der Waals surface area contributed by atoms with Gasteiger partial charge in [-0.3, -0.25) is 24.5 Å². The number of amides is 2. The number of benzene rings is 2. The molecule has 2 amide bonds. The van der Waals surface area contributed by atoms with E-state index >= 15 is 0 Å². The van der Waals surface area contributed by atoms with Gasteiger partial charge in [0.05, 0.1) is 36.4 Å². The molecule has 0 spiro atoms. The van der Waals surface area contributed by atoms with Crippen LogP contribution in [0.25, 0.3) is 10.9 Å². The molecule has 2 aromatic carbocycles. The van der Waals surface area contributed by atoms with Gasteiger partial charge in [0, 0.05) is 48.2 Å². The monoisotopic (exact) mass is 589 g/mol. The number of hydrogen-bond donors (Lipinski definition) is 3. The van der Waals surface area contributed by atoms with Crippen LogP contribution in [-0.2, 0) is 4.74 Å². The SMILES string of the molecule is COc1ccc2[nH]c(=O)cc(C(=O)N[C@H]3CCCC[C@H]3Nc3c(C(=O)N4CCOCC4)cc(C4CC4)cc3[N+](=O)[O-])c2c1. The van der Waals surface area contributed by atoms with Gasteiger partial charge in [-0.2, -0.15) is 0 Å². The first-order valence-corrected chi connectivity index (χ1v) is 14.8. The molecule has 1 aromatic heterocycles. The second-order valence-corrected chi connectivity index (χ2v) is 11.5. The molecule has 2 atom stereocenters. The van der Waals surface area contributed by atoms with Crippen molar-refractivity contribution in [2.45, 2.75) is 56.5 Å². The number of rotatable bonds is 8. The first-order valence-electron chi connectivity index (χ1n) is 14.8. The fraction of sp³-hybridized carbons (Fsp3) is 0.452. The lowest BCUT2D eigenvalue weighted by atomic mass is 9.89. The van der Waals surface area contributed by atoms with Crippen molar-refractivity contribution in [2.75, 3.05) is 38.7 Å². The van der Waals surface area contributed by atoms with E-state index in [0.29, 0.717) is 55.8 Å². The third-order valence-electron chi connectivity index (χ3n) is 8.62. The Balaban J connectivity index is 1.33. The summed E-state index contributed by atoms with van der Waals surface area (Å²) in [7, 11) is 1.53. The van der Waals surface area contributed by atoms with E-state index in [2.05, 4.69) is 15.6 Å². The maximum Gasteiger partial charge on any atom is 0.293 e. The number of anilines is 1. The first kappa shape index (κ1) is 28.7. The highest BCUT2D eigenvalue weighted by atomic mass is 16.6. The molecule has 3 fully saturated rings. The second-order valence-electron chi connectivity index (χ2n) is 11.5. The van der Waals surface area contributed by atoms with Crippen molar-refractivity contribution in [3.63, 3.8) is 0 Å². The average Bonchev–Trinajstić information content (AvgIpc) is 3.87. The van der Waals surface area contributed by atoms with Crippen molar-refractivity contribution in [1.29, 1.82) is 0 Å². The van der Waals surface area contributed by atoms with Gasteiger partial charge in [0.25, 0.3) is 17.5 Å². The van der Waals surface area contributed by atoms with E-state index in [1.54, 1.807) is 35.2 Å². The van der Waals surface area contributed by atoms with Crippen LogP contribution in [-0.4, -0.2) is 72.1 Å². The van der Waals surface area contributed by atoms with Crippen LogP contribution in [0.15, 0.2) is 41.2 Å². The molecule has 2 heterocycles. The fourth-order valence-corrected chi connectivity index (χ4v) is 6.16. The van der Waals surface area contributed by atoms with Gasteiger partial charge in [-0.05, 0) is 61.4 Å². The van der Waals surface area contributed by atoms with Crippen molar-refractivity contribution in [3.8, 4) is 5.75 Å². The number of nitro benzene ring substituents is 1. The molecule has 1 saturated heterocycles. The Hall–Kier alpha value is -4.45. The average molecular weight is 590 g/mol. The molecule has 2 aliphatic carbocycles. The minimum atomic E-state index is -0.434. The lowest BCUT2D eigenvalue weighted by Crippen LogP contribution is -2.49. The predicted octanol–water partition coefficient (Wildman–Crippen LogP) is 3.95. The van der Waals surface area contributed by atoms with Crippen LogP contribution in [0.4, 0.5) is 11.4 Å². The van der Waals surface area contributed by atoms with E-state index in [-0.39, 0.29) is 40.4 Å². The van der Waals surface area contributed by atoms with Crippen molar-refractivity contribution in [1.82, 2.24) is 15.2 Å². The van der Waals surface area contributed by atoms with E-state index in [1.807, 2.05) is 0 Å². The quantitative estimate of drug-likeness (QED) is 0.264. The molecule has 0 radical (unpaired) electrons. The number of nitrogens with zero attached hydrogens (tertiary/aromatic N) is 2. The Morgan fingerprint density at radius 3 is 2.47 bits per heavy atom. The molecule has 2 saturated carbocycles. The summed E-state index contributed by atoms with van der Waals surface area (Å²) >= 11 is 0. The number of methoxy groups -OCH3 is 1. The first-order chi connectivity index (χ1) is 20.8. The zero-order chi connectivity index (χ0) is 30.1. The van der Waals surface area contributed by atoms with E-state index < -0.39 is 22.4 Å². The van der Waals surface area contributed by atoms with Gasteiger partial charge in [-0.1, -0.05) is 12.8 Å². The Morgan fingerprint density at radius 1 is 1.02 bits per heavy atom. The molecule has 0 unspecified atom stereocenters. The third kappa shape index (κ3) is 6.05. The van der Waals surface area contributed by atoms with E-state index in [0.717, 1.165) is 31.2 Å². The van der Waals surface area contributed by atoms with Gasteiger partial charge < -0.3 is 30.0 Å². The number of carbonyl (C=O) groups excluding carboxylic acids is 2. The Bertz CT molecular complexity index is 1630. The number of aromatic amines is 1. The molecule has 226 valence electrons. The topological polar surface area (TPSA) is 156 Å². The van der Waals surface area contributed by atoms with Gasteiger partial charge in [0.2, 0.25) is 5.56 Å². The number of ether oxygens (including phenoxy) is 2. The van der Waals surface area contributed by atoms with Gasteiger partial charge in [0.1, 0.15) is 11.4 Å². The number of carbonyl (C=O) groups is 2. The van der Waals surface area contributed by atoms with Gasteiger partial charge in [0.15, 0.2) is 0 Å². The number of nitro groups is 1. The molecule has 1 aliphatic heterocycles. The highest BCUT2D eigenvalue weighted by molar-refractivity contribution is 6.06. The normalized spacial score (nSPS) is 20.4. The number of nitrogens with one attached hydrogen (secondary N) is 3. The highest BCUT2D eigenvalue weighted by Crippen LogP contribution is 2.44. The van der Waals surface area contributed by atoms with Crippen LogP contribution < -0.4 is 20.9 Å². The lowest BCUT2D eigenvalue weighted by molar-refractivity contribution is -0.384. The van der Waals surface area contributed by atoms with E-state index in [1.165, 1.54) is 13.2 Å². The van der Waals surface area contributed by atoms with E-state index in [9.17, 15) is 24.5 Å². The van der Waals surface area contributed by atoms with Crippen molar-refractivity contribution < 1.29 is 24.0 Å². The summed E-state index contributed by atoms with van der Waals surface area (Å²) in [6.07, 6.45) is 4.87. The third-order valence-corrected chi connectivity index (χ3v) is 8.62. The smallest absolute Gasteiger partial charge is 0.293 e. The minimum absolute atomic E-state index is 0.135. The summed E-state index contributed by atoms with van der Waals surface area (Å²) in [5, 5.41) is 19.4. The Labute approximate surface area is 247 Å². The van der Waals surface area contributed by atoms with Crippen LogP contribution in [0.1, 0.15) is 70.7 Å². The summed E-state index contributed by atoms with van der Waals surface area (Å²) < 4.78 is 10.7. The molecule has 12 nitrogen and oxygen atoms in total. The van der Waals surface area contributed by atoms with Crippen LogP contribution >= 0.6 is 0 Å². The van der Waals surface area contributed by atoms with E-state index in [4.69, 9.17) is 9.47 Å². The molecule has 3 aliphatic rings. The molecular formula is C31H35N5O7.